The van der Waals surface area contributed by atoms with Crippen LogP contribution in [0.1, 0.15) is 28.2 Å². The Balaban J connectivity index is 1.55. The summed E-state index contributed by atoms with van der Waals surface area (Å²) in [6.07, 6.45) is 0.452. The van der Waals surface area contributed by atoms with Crippen molar-refractivity contribution in [3.63, 3.8) is 0 Å². The Labute approximate surface area is 157 Å². The number of aromatic nitrogens is 2. The lowest BCUT2D eigenvalue weighted by atomic mass is 9.74. The summed E-state index contributed by atoms with van der Waals surface area (Å²) in [5, 5.41) is 14.2. The predicted octanol–water partition coefficient (Wildman–Crippen LogP) is 2.05. The van der Waals surface area contributed by atoms with Crippen molar-refractivity contribution in [2.24, 2.45) is 11.3 Å². The first-order chi connectivity index (χ1) is 12.9. The molecule has 7 nitrogen and oxygen atoms in total. The number of hydrogen-bond acceptors (Lipinski definition) is 4. The van der Waals surface area contributed by atoms with E-state index in [1.807, 2.05) is 36.7 Å². The van der Waals surface area contributed by atoms with Crippen LogP contribution in [0.25, 0.3) is 5.69 Å². The first-order valence-electron chi connectivity index (χ1n) is 9.15. The van der Waals surface area contributed by atoms with Crippen LogP contribution < -0.4 is 0 Å². The van der Waals surface area contributed by atoms with Crippen LogP contribution in [0, 0.1) is 25.2 Å². The third-order valence-electron chi connectivity index (χ3n) is 5.79. The summed E-state index contributed by atoms with van der Waals surface area (Å²) in [4.78, 5) is 26.5. The smallest absolute Gasteiger partial charge is 0.311 e. The molecule has 1 amide bonds. The van der Waals surface area contributed by atoms with E-state index in [1.165, 1.54) is 0 Å². The van der Waals surface area contributed by atoms with Crippen molar-refractivity contribution < 1.29 is 19.4 Å². The quantitative estimate of drug-likeness (QED) is 0.895. The minimum Gasteiger partial charge on any atom is -0.481 e. The Hall–Kier alpha value is -2.67. The van der Waals surface area contributed by atoms with E-state index >= 15 is 0 Å². The van der Waals surface area contributed by atoms with Crippen LogP contribution in [0.15, 0.2) is 30.3 Å². The van der Waals surface area contributed by atoms with Gasteiger partial charge in [-0.15, -0.1) is 0 Å². The molecule has 2 aliphatic rings. The van der Waals surface area contributed by atoms with E-state index in [0.29, 0.717) is 31.7 Å². The minimum atomic E-state index is -0.877. The lowest BCUT2D eigenvalue weighted by molar-refractivity contribution is -0.157. The van der Waals surface area contributed by atoms with E-state index in [9.17, 15) is 14.7 Å². The zero-order valence-corrected chi connectivity index (χ0v) is 15.5. The third kappa shape index (κ3) is 2.92. The van der Waals surface area contributed by atoms with Gasteiger partial charge in [-0.3, -0.25) is 9.59 Å². The molecule has 142 valence electrons. The molecule has 2 fully saturated rings. The van der Waals surface area contributed by atoms with Gasteiger partial charge in [0, 0.05) is 36.9 Å². The van der Waals surface area contributed by atoms with Crippen LogP contribution in [-0.4, -0.2) is 58.0 Å². The third-order valence-corrected chi connectivity index (χ3v) is 5.79. The largest absolute Gasteiger partial charge is 0.481 e. The first-order valence-corrected chi connectivity index (χ1v) is 9.15. The topological polar surface area (TPSA) is 84.7 Å². The van der Waals surface area contributed by atoms with Gasteiger partial charge in [0.05, 0.1) is 23.4 Å². The van der Waals surface area contributed by atoms with Crippen molar-refractivity contribution in [2.75, 3.05) is 26.3 Å². The van der Waals surface area contributed by atoms with Crippen molar-refractivity contribution in [2.45, 2.75) is 20.3 Å². The second-order valence-corrected chi connectivity index (χ2v) is 7.55. The normalized spacial score (nSPS) is 24.7. The van der Waals surface area contributed by atoms with Gasteiger partial charge in [0.25, 0.3) is 5.91 Å². The second kappa shape index (κ2) is 6.49. The molecule has 0 radical (unpaired) electrons. The van der Waals surface area contributed by atoms with Gasteiger partial charge in [-0.05, 0) is 50.6 Å². The number of aliphatic carboxylic acids is 1. The second-order valence-electron chi connectivity index (χ2n) is 7.55. The maximum atomic E-state index is 12.9. The zero-order valence-electron chi connectivity index (χ0n) is 15.5. The molecule has 0 saturated carbocycles. The molecule has 1 aromatic carbocycles. The highest BCUT2D eigenvalue weighted by Crippen LogP contribution is 2.42. The van der Waals surface area contributed by atoms with Crippen LogP contribution >= 0.6 is 0 Å². The maximum absolute atomic E-state index is 12.9. The number of rotatable bonds is 3. The highest BCUT2D eigenvalue weighted by molar-refractivity contribution is 5.95. The average Bonchev–Trinajstić information content (AvgIpc) is 3.22. The van der Waals surface area contributed by atoms with E-state index in [2.05, 4.69) is 5.10 Å². The lowest BCUT2D eigenvalue weighted by Gasteiger charge is -2.33. The standard InChI is InChI=1S/C20H23N3O4/c1-13-9-14(2)23(21-13)17-5-3-15(4-6-17)18(24)22-10-16-11-27-8-7-20(16,12-22)19(25)26/h3-6,9,16H,7-8,10-12H2,1-2H3,(H,25,26)/t16-,20+/m0/s1. The number of carboxylic acids is 1. The number of carbonyl (C=O) groups excluding carboxylic acids is 1. The van der Waals surface area contributed by atoms with Crippen molar-refractivity contribution in [1.82, 2.24) is 14.7 Å². The van der Waals surface area contributed by atoms with Gasteiger partial charge in [0.15, 0.2) is 0 Å². The lowest BCUT2D eigenvalue weighted by Crippen LogP contribution is -2.45. The fourth-order valence-electron chi connectivity index (χ4n) is 4.27. The van der Waals surface area contributed by atoms with Crippen LogP contribution in [0.2, 0.25) is 0 Å². The molecule has 4 rings (SSSR count). The van der Waals surface area contributed by atoms with Gasteiger partial charge in [-0.25, -0.2) is 4.68 Å². The molecule has 7 heteroatoms. The molecule has 27 heavy (non-hydrogen) atoms. The summed E-state index contributed by atoms with van der Waals surface area (Å²) in [7, 11) is 0. The zero-order chi connectivity index (χ0) is 19.2. The molecule has 3 heterocycles. The minimum absolute atomic E-state index is 0.134. The fraction of sp³-hybridized carbons (Fsp3) is 0.450. The Morgan fingerprint density at radius 3 is 2.59 bits per heavy atom. The number of ether oxygens (including phenoxy) is 1. The van der Waals surface area contributed by atoms with Gasteiger partial charge in [0.2, 0.25) is 0 Å². The molecule has 0 spiro atoms. The van der Waals surface area contributed by atoms with Crippen LogP contribution in [0.3, 0.4) is 0 Å². The Morgan fingerprint density at radius 1 is 1.26 bits per heavy atom. The van der Waals surface area contributed by atoms with E-state index in [4.69, 9.17) is 4.74 Å². The number of carboxylic acid groups (broad SMARTS) is 1. The number of fused-ring (bicyclic) bond motifs is 1. The number of amides is 1. The predicted molar refractivity (Wildman–Crippen MR) is 97.9 cm³/mol. The van der Waals surface area contributed by atoms with Crippen LogP contribution in [0.5, 0.6) is 0 Å². The van der Waals surface area contributed by atoms with Crippen molar-refractivity contribution in [3.05, 3.63) is 47.3 Å². The number of carbonyl (C=O) groups is 2. The molecule has 0 aliphatic carbocycles. The molecule has 1 aromatic heterocycles. The van der Waals surface area contributed by atoms with E-state index in [0.717, 1.165) is 17.1 Å². The number of likely N-dealkylation sites (tertiary alicyclic amines) is 1. The number of nitrogens with zero attached hydrogens (tertiary/aromatic N) is 3. The van der Waals surface area contributed by atoms with E-state index in [-0.39, 0.29) is 18.4 Å². The summed E-state index contributed by atoms with van der Waals surface area (Å²) in [6.45, 7) is 5.42. The van der Waals surface area contributed by atoms with Gasteiger partial charge in [0.1, 0.15) is 0 Å². The molecule has 2 aromatic rings. The summed E-state index contributed by atoms with van der Waals surface area (Å²) < 4.78 is 7.30. The molecule has 2 aliphatic heterocycles. The highest BCUT2D eigenvalue weighted by Gasteiger charge is 2.54. The van der Waals surface area contributed by atoms with Gasteiger partial charge >= 0.3 is 5.97 Å². The van der Waals surface area contributed by atoms with Gasteiger partial charge in [-0.1, -0.05) is 0 Å². The monoisotopic (exact) mass is 369 g/mol. The van der Waals surface area contributed by atoms with E-state index in [1.54, 1.807) is 17.0 Å². The SMILES string of the molecule is Cc1cc(C)n(-c2ccc(C(=O)N3C[C@H]4COCC[C@@]4(C(=O)O)C3)cc2)n1. The van der Waals surface area contributed by atoms with Crippen LogP contribution in [0.4, 0.5) is 0 Å². The summed E-state index contributed by atoms with van der Waals surface area (Å²) in [5.41, 5.74) is 2.53. The number of aryl methyl sites for hydroxylation is 2. The van der Waals surface area contributed by atoms with Crippen LogP contribution in [-0.2, 0) is 9.53 Å². The summed E-state index contributed by atoms with van der Waals surface area (Å²) in [6, 6.07) is 9.29. The molecule has 2 atom stereocenters. The first kappa shape index (κ1) is 17.7. The average molecular weight is 369 g/mol. The Morgan fingerprint density at radius 2 is 2.00 bits per heavy atom. The maximum Gasteiger partial charge on any atom is 0.311 e. The molecular weight excluding hydrogens is 346 g/mol. The molecule has 2 saturated heterocycles. The summed E-state index contributed by atoms with van der Waals surface area (Å²) in [5.74, 6) is -1.11. The van der Waals surface area contributed by atoms with Crippen molar-refractivity contribution in [1.29, 1.82) is 0 Å². The van der Waals surface area contributed by atoms with Crippen molar-refractivity contribution >= 4 is 11.9 Å². The number of hydrogen-bond donors (Lipinski definition) is 1. The Bertz CT molecular complexity index is 889. The molecule has 1 N–H and O–H groups in total. The van der Waals surface area contributed by atoms with E-state index < -0.39 is 11.4 Å². The van der Waals surface area contributed by atoms with Gasteiger partial charge < -0.3 is 14.7 Å². The Kier molecular flexibility index (Phi) is 4.26. The molecular formula is C20H23N3O4. The number of benzene rings is 1. The van der Waals surface area contributed by atoms with Gasteiger partial charge in [-0.2, -0.15) is 5.10 Å². The molecule has 0 bridgehead atoms. The van der Waals surface area contributed by atoms with Crippen molar-refractivity contribution in [3.8, 4) is 5.69 Å². The summed E-state index contributed by atoms with van der Waals surface area (Å²) >= 11 is 0. The molecule has 0 unspecified atom stereocenters. The highest BCUT2D eigenvalue weighted by atomic mass is 16.5. The fourth-order valence-corrected chi connectivity index (χ4v) is 4.27.